The van der Waals surface area contributed by atoms with Crippen LogP contribution in [-0.4, -0.2) is 59.9 Å². The average Bonchev–Trinajstić information content (AvgIpc) is 3.62. The van der Waals surface area contributed by atoms with Crippen LogP contribution in [0, 0.1) is 22.2 Å². The van der Waals surface area contributed by atoms with E-state index in [1.165, 1.54) is 4.57 Å². The van der Waals surface area contributed by atoms with E-state index in [0.29, 0.717) is 28.2 Å². The molecule has 2 aromatic carbocycles. The highest BCUT2D eigenvalue weighted by Crippen LogP contribution is 2.45. The number of halogens is 1. The molecule has 0 radical (unpaired) electrons. The number of likely N-dealkylation sites (tertiary alicyclic amines) is 1. The number of rotatable bonds is 5. The predicted molar refractivity (Wildman–Crippen MR) is 133 cm³/mol. The minimum atomic E-state index is -0.0252. The van der Waals surface area contributed by atoms with E-state index in [2.05, 4.69) is 22.0 Å². The van der Waals surface area contributed by atoms with E-state index < -0.39 is 0 Å². The molecule has 3 fully saturated rings. The summed E-state index contributed by atoms with van der Waals surface area (Å²) in [6, 6.07) is 13.8. The quantitative estimate of drug-likeness (QED) is 0.436. The zero-order chi connectivity index (χ0) is 23.6. The van der Waals surface area contributed by atoms with Crippen molar-refractivity contribution in [2.75, 3.05) is 43.0 Å². The second-order valence-electron chi connectivity index (χ2n) is 9.82. The lowest BCUT2D eigenvalue weighted by Crippen LogP contribution is -2.73. The van der Waals surface area contributed by atoms with Gasteiger partial charge in [0.15, 0.2) is 0 Å². The molecule has 8 nitrogen and oxygen atoms in total. The second kappa shape index (κ2) is 7.56. The SMILES string of the molecule is CN(c1cccc(N2CC3(CN(C(=O)C4CC4)C3)C2)c1)c1nc(=N)n(C=N)c2cc(Cl)ccc12. The summed E-state index contributed by atoms with van der Waals surface area (Å²) in [4.78, 5) is 23.1. The van der Waals surface area contributed by atoms with Gasteiger partial charge >= 0.3 is 0 Å². The maximum atomic E-state index is 12.3. The zero-order valence-corrected chi connectivity index (χ0v) is 19.7. The van der Waals surface area contributed by atoms with Crippen LogP contribution in [0.4, 0.5) is 17.2 Å². The van der Waals surface area contributed by atoms with Gasteiger partial charge in [-0.2, -0.15) is 4.98 Å². The minimum absolute atomic E-state index is 0.0252. The number of aromatic nitrogens is 2. The number of anilines is 3. The molecule has 3 aromatic rings. The van der Waals surface area contributed by atoms with E-state index in [1.807, 2.05) is 35.0 Å². The minimum Gasteiger partial charge on any atom is -0.370 e. The van der Waals surface area contributed by atoms with E-state index in [0.717, 1.165) is 62.1 Å². The first-order valence-electron chi connectivity index (χ1n) is 11.5. The van der Waals surface area contributed by atoms with E-state index in [-0.39, 0.29) is 11.0 Å². The molecule has 6 rings (SSSR count). The third-order valence-electron chi connectivity index (χ3n) is 7.27. The lowest BCUT2D eigenvalue weighted by Gasteiger charge is -2.61. The van der Waals surface area contributed by atoms with Crippen molar-refractivity contribution in [3.05, 3.63) is 53.1 Å². The van der Waals surface area contributed by atoms with Crippen LogP contribution in [-0.2, 0) is 4.79 Å². The molecule has 1 amide bonds. The molecule has 1 saturated carbocycles. The van der Waals surface area contributed by atoms with Gasteiger partial charge in [-0.25, -0.2) is 0 Å². The highest BCUT2D eigenvalue weighted by molar-refractivity contribution is 6.31. The first kappa shape index (κ1) is 21.2. The fraction of sp³-hybridized carbons (Fsp3) is 0.360. The predicted octanol–water partition coefficient (Wildman–Crippen LogP) is 3.45. The van der Waals surface area contributed by atoms with Crippen LogP contribution in [0.1, 0.15) is 12.8 Å². The van der Waals surface area contributed by atoms with Crippen molar-refractivity contribution in [2.45, 2.75) is 12.8 Å². The smallest absolute Gasteiger partial charge is 0.229 e. The molecule has 174 valence electrons. The summed E-state index contributed by atoms with van der Waals surface area (Å²) in [6.07, 6.45) is 3.21. The van der Waals surface area contributed by atoms with Crippen LogP contribution in [0.5, 0.6) is 0 Å². The summed E-state index contributed by atoms with van der Waals surface area (Å²) >= 11 is 6.20. The molecule has 9 heteroatoms. The van der Waals surface area contributed by atoms with Gasteiger partial charge in [-0.3, -0.25) is 20.2 Å². The zero-order valence-electron chi connectivity index (χ0n) is 19.0. The Morgan fingerprint density at radius 2 is 1.94 bits per heavy atom. The number of carbonyl (C=O) groups excluding carboxylic acids is 1. The van der Waals surface area contributed by atoms with Gasteiger partial charge in [-0.05, 0) is 49.2 Å². The standard InChI is InChI=1S/C25H26ClN7O/c1-30(22-20-8-7-17(26)9-21(20)33(15-27)24(28)29-22)18-3-2-4-19(10-18)31-11-25(12-31)13-32(14-25)23(34)16-5-6-16/h2-4,7-10,15-16,27-28H,5-6,11-14H2,1H3. The van der Waals surface area contributed by atoms with Crippen molar-refractivity contribution in [1.82, 2.24) is 14.5 Å². The molecule has 2 aliphatic heterocycles. The summed E-state index contributed by atoms with van der Waals surface area (Å²) in [5, 5.41) is 17.4. The Morgan fingerprint density at radius 3 is 2.65 bits per heavy atom. The number of hydrogen-bond donors (Lipinski definition) is 2. The van der Waals surface area contributed by atoms with Crippen molar-refractivity contribution in [3.63, 3.8) is 0 Å². The molecule has 2 N–H and O–H groups in total. The lowest BCUT2D eigenvalue weighted by atomic mass is 9.72. The monoisotopic (exact) mass is 475 g/mol. The van der Waals surface area contributed by atoms with Gasteiger partial charge in [0, 0.05) is 66.3 Å². The number of amides is 1. The number of carbonyl (C=O) groups is 1. The Hall–Kier alpha value is -3.39. The van der Waals surface area contributed by atoms with Gasteiger partial charge in [0.25, 0.3) is 0 Å². The molecule has 3 heterocycles. The van der Waals surface area contributed by atoms with Gasteiger partial charge in [-0.1, -0.05) is 17.7 Å². The molecule has 34 heavy (non-hydrogen) atoms. The van der Waals surface area contributed by atoms with Crippen LogP contribution < -0.4 is 15.4 Å². The molecule has 3 aliphatic rings. The summed E-state index contributed by atoms with van der Waals surface area (Å²) < 4.78 is 1.41. The highest BCUT2D eigenvalue weighted by Gasteiger charge is 2.54. The van der Waals surface area contributed by atoms with Crippen molar-refractivity contribution in [1.29, 1.82) is 10.8 Å². The van der Waals surface area contributed by atoms with E-state index in [4.69, 9.17) is 22.4 Å². The molecule has 0 bridgehead atoms. The number of fused-ring (bicyclic) bond motifs is 1. The molecule has 1 spiro atoms. The molecule has 2 saturated heterocycles. The molecular formula is C25H26ClN7O. The fourth-order valence-electron chi connectivity index (χ4n) is 5.28. The topological polar surface area (TPSA) is 92.3 Å². The molecule has 0 atom stereocenters. The van der Waals surface area contributed by atoms with Crippen molar-refractivity contribution >= 4 is 51.9 Å². The summed E-state index contributed by atoms with van der Waals surface area (Å²) in [7, 11) is 1.94. The highest BCUT2D eigenvalue weighted by atomic mass is 35.5. The van der Waals surface area contributed by atoms with Crippen LogP contribution in [0.25, 0.3) is 10.9 Å². The maximum Gasteiger partial charge on any atom is 0.229 e. The lowest BCUT2D eigenvalue weighted by molar-refractivity contribution is -0.146. The average molecular weight is 476 g/mol. The normalized spacial score (nSPS) is 18.5. The van der Waals surface area contributed by atoms with Gasteiger partial charge in [0.05, 0.1) is 11.9 Å². The van der Waals surface area contributed by atoms with Crippen molar-refractivity contribution < 1.29 is 4.79 Å². The van der Waals surface area contributed by atoms with E-state index in [9.17, 15) is 4.79 Å². The Morgan fingerprint density at radius 1 is 1.18 bits per heavy atom. The van der Waals surface area contributed by atoms with Crippen LogP contribution in [0.15, 0.2) is 42.5 Å². The Kier molecular flexibility index (Phi) is 4.71. The number of nitrogens with zero attached hydrogens (tertiary/aromatic N) is 5. The third-order valence-corrected chi connectivity index (χ3v) is 7.51. The summed E-state index contributed by atoms with van der Waals surface area (Å²) in [5.41, 5.74) is 3.01. The first-order chi connectivity index (χ1) is 16.4. The fourth-order valence-corrected chi connectivity index (χ4v) is 5.45. The molecular weight excluding hydrogens is 450 g/mol. The Balaban J connectivity index is 1.23. The van der Waals surface area contributed by atoms with Crippen LogP contribution >= 0.6 is 11.6 Å². The largest absolute Gasteiger partial charge is 0.370 e. The molecule has 0 unspecified atom stereocenters. The van der Waals surface area contributed by atoms with Crippen molar-refractivity contribution in [3.8, 4) is 0 Å². The van der Waals surface area contributed by atoms with E-state index in [1.54, 1.807) is 12.1 Å². The Bertz CT molecular complexity index is 1380. The Labute approximate surface area is 202 Å². The van der Waals surface area contributed by atoms with E-state index >= 15 is 0 Å². The second-order valence-corrected chi connectivity index (χ2v) is 10.3. The summed E-state index contributed by atoms with van der Waals surface area (Å²) in [5.74, 6) is 1.30. The van der Waals surface area contributed by atoms with Crippen LogP contribution in [0.3, 0.4) is 0 Å². The summed E-state index contributed by atoms with van der Waals surface area (Å²) in [6.45, 7) is 3.71. The van der Waals surface area contributed by atoms with Gasteiger partial charge in [-0.15, -0.1) is 0 Å². The van der Waals surface area contributed by atoms with Crippen molar-refractivity contribution in [2.24, 2.45) is 11.3 Å². The van der Waals surface area contributed by atoms with Gasteiger partial charge < -0.3 is 14.7 Å². The molecule has 1 aliphatic carbocycles. The number of nitrogens with one attached hydrogen (secondary N) is 2. The molecule has 1 aromatic heterocycles. The maximum absolute atomic E-state index is 12.3. The third kappa shape index (κ3) is 3.36. The van der Waals surface area contributed by atoms with Gasteiger partial charge in [0.1, 0.15) is 5.82 Å². The van der Waals surface area contributed by atoms with Gasteiger partial charge in [0.2, 0.25) is 11.5 Å². The number of hydrogen-bond acceptors (Lipinski definition) is 6. The van der Waals surface area contributed by atoms with Crippen LogP contribution in [0.2, 0.25) is 5.02 Å². The number of benzene rings is 2. The first-order valence-corrected chi connectivity index (χ1v) is 11.9.